The smallest absolute Gasteiger partial charge is 0.407 e. The lowest BCUT2D eigenvalue weighted by Crippen LogP contribution is -2.52. The second-order valence-electron chi connectivity index (χ2n) is 17.5. The third-order valence-corrected chi connectivity index (χ3v) is 14.0. The fraction of sp³-hybridized carbons (Fsp3) is 0.478. The summed E-state index contributed by atoms with van der Waals surface area (Å²) >= 11 is 0. The number of hydrogen-bond donors (Lipinski definition) is 4. The summed E-state index contributed by atoms with van der Waals surface area (Å²) in [5, 5.41) is 10.6. The van der Waals surface area contributed by atoms with Crippen LogP contribution in [0, 0.1) is 10.8 Å². The van der Waals surface area contributed by atoms with Gasteiger partial charge >= 0.3 is 39.4 Å². The molecule has 5 rings (SSSR count). The number of esters is 4. The predicted molar refractivity (Wildman–Crippen MR) is 244 cm³/mol. The minimum absolute atomic E-state index is 0.0245. The molecule has 2 unspecified atom stereocenters. The zero-order valence-electron chi connectivity index (χ0n) is 38.9. The Morgan fingerprint density at radius 1 is 0.588 bits per heavy atom. The van der Waals surface area contributed by atoms with Crippen LogP contribution in [0.5, 0.6) is 0 Å². The van der Waals surface area contributed by atoms with Crippen LogP contribution in [-0.2, 0) is 101 Å². The van der Waals surface area contributed by atoms with E-state index in [1.54, 1.807) is 107 Å². The number of carbonyl (C=O) groups is 6. The number of ether oxygens (including phenoxy) is 4. The maximum Gasteiger partial charge on any atom is 0.407 e. The van der Waals surface area contributed by atoms with Crippen molar-refractivity contribution in [1.82, 2.24) is 20.8 Å². The van der Waals surface area contributed by atoms with Crippen molar-refractivity contribution in [2.24, 2.45) is 10.8 Å². The molecule has 2 aliphatic heterocycles. The van der Waals surface area contributed by atoms with Gasteiger partial charge in [0.15, 0.2) is 12.2 Å². The van der Waals surface area contributed by atoms with Crippen molar-refractivity contribution in [2.75, 3.05) is 40.5 Å². The molecule has 2 fully saturated rings. The lowest BCUT2D eigenvalue weighted by molar-refractivity contribution is -0.148. The van der Waals surface area contributed by atoms with Gasteiger partial charge in [-0.2, -0.15) is 0 Å². The Balaban J connectivity index is 1.12. The first-order valence-corrected chi connectivity index (χ1v) is 24.9. The summed E-state index contributed by atoms with van der Waals surface area (Å²) in [4.78, 5) is 77.1. The third-order valence-electron chi connectivity index (χ3n) is 10.8. The lowest BCUT2D eigenvalue weighted by atomic mass is 9.87. The molecule has 0 saturated carbocycles. The van der Waals surface area contributed by atoms with Gasteiger partial charge in [-0.05, 0) is 41.2 Å². The molecule has 68 heavy (non-hydrogen) atoms. The average molecular weight is 987 g/mol. The Morgan fingerprint density at radius 2 is 1.01 bits per heavy atom. The van der Waals surface area contributed by atoms with Gasteiger partial charge in [0, 0.05) is 23.9 Å². The lowest BCUT2D eigenvalue weighted by Gasteiger charge is -2.40. The molecule has 0 spiro atoms. The van der Waals surface area contributed by atoms with E-state index in [2.05, 4.69) is 25.5 Å². The van der Waals surface area contributed by atoms with E-state index in [4.69, 9.17) is 32.3 Å². The maximum atomic E-state index is 14.0. The van der Waals surface area contributed by atoms with Gasteiger partial charge in [0.05, 0.1) is 40.3 Å². The van der Waals surface area contributed by atoms with Crippen LogP contribution < -0.4 is 20.8 Å². The molecule has 3 aromatic rings. The first-order valence-electron chi connectivity index (χ1n) is 21.8. The summed E-state index contributed by atoms with van der Waals surface area (Å²) in [5.74, 6) is -3.92. The van der Waals surface area contributed by atoms with Gasteiger partial charge in [0.2, 0.25) is 11.8 Å². The van der Waals surface area contributed by atoms with Crippen molar-refractivity contribution in [1.29, 1.82) is 0 Å². The molecule has 0 aliphatic carbocycles. The van der Waals surface area contributed by atoms with Crippen LogP contribution in [0.3, 0.4) is 0 Å². The quantitative estimate of drug-likeness (QED) is 0.0608. The Bertz CT molecular complexity index is 2330. The van der Waals surface area contributed by atoms with E-state index in [9.17, 15) is 37.9 Å². The molecule has 0 radical (unpaired) electrons. The highest BCUT2D eigenvalue weighted by Gasteiger charge is 2.51. The average Bonchev–Trinajstić information content (AvgIpc) is 3.32. The molecule has 2 saturated heterocycles. The van der Waals surface area contributed by atoms with Crippen LogP contribution in [0.1, 0.15) is 62.8 Å². The van der Waals surface area contributed by atoms with E-state index in [1.807, 2.05) is 6.07 Å². The van der Waals surface area contributed by atoms with Crippen LogP contribution in [0.15, 0.2) is 84.9 Å². The highest BCUT2D eigenvalue weighted by atomic mass is 31.2. The van der Waals surface area contributed by atoms with Crippen molar-refractivity contribution in [3.8, 4) is 0 Å². The molecular formula is C46H60N4O16P2. The summed E-state index contributed by atoms with van der Waals surface area (Å²) in [6.45, 7) is 5.93. The Kier molecular flexibility index (Phi) is 19.2. The van der Waals surface area contributed by atoms with Crippen molar-refractivity contribution in [2.45, 2.75) is 90.9 Å². The first-order chi connectivity index (χ1) is 32.2. The summed E-state index contributed by atoms with van der Waals surface area (Å²) in [6, 6.07) is 22.3. The number of rotatable bonds is 22. The highest BCUT2D eigenvalue weighted by molar-refractivity contribution is 7.52. The van der Waals surface area contributed by atoms with Crippen LogP contribution in [0.25, 0.3) is 0 Å². The molecule has 20 nitrogen and oxygen atoms in total. The van der Waals surface area contributed by atoms with Gasteiger partial charge in [0.1, 0.15) is 25.3 Å². The van der Waals surface area contributed by atoms with Crippen molar-refractivity contribution < 1.29 is 74.9 Å². The Hall–Kier alpha value is -5.30. The molecular weight excluding hydrogens is 926 g/mol. The van der Waals surface area contributed by atoms with Crippen LogP contribution in [0.2, 0.25) is 0 Å². The van der Waals surface area contributed by atoms with Crippen molar-refractivity contribution >= 4 is 51.2 Å². The van der Waals surface area contributed by atoms with E-state index in [1.165, 1.54) is 14.2 Å². The normalized spacial score (nSPS) is 22.6. The van der Waals surface area contributed by atoms with Gasteiger partial charge < -0.3 is 29.6 Å². The van der Waals surface area contributed by atoms with E-state index in [0.29, 0.717) is 16.7 Å². The number of methoxy groups -OCH3 is 2. The maximum absolute atomic E-state index is 14.0. The monoisotopic (exact) mass is 986 g/mol. The fourth-order valence-electron chi connectivity index (χ4n) is 6.97. The van der Waals surface area contributed by atoms with Crippen LogP contribution in [0.4, 0.5) is 0 Å². The van der Waals surface area contributed by atoms with E-state index in [0.717, 1.165) is 5.56 Å². The zero-order chi connectivity index (χ0) is 49.5. The van der Waals surface area contributed by atoms with Crippen LogP contribution >= 0.6 is 15.5 Å². The standard InChI is InChI=1S/C46H60N4O16P2/c1-45(2)29-63-67(57,49-35(43(55)60-6)25-31-14-9-7-10-15-31)65-40(45)42(54)48-23-21-38(52)61-27-33-18-13-19-34(24-33)28-62-44(56)36(26-32-16-11-8-12-17-32)50-68(58)64-30-46(3,4)39(66-68)41(53)47-22-20-37(51)59-5/h7-19,24,35-36,39-40H,20-23,25-30H2,1-6H3,(H,47,53)(H,48,54)(H,49,57)(H,50,58)/t35-,36-,39-,40-,67?,68?/m0/s1. The van der Waals surface area contributed by atoms with Crippen LogP contribution in [-0.4, -0.2) is 101 Å². The van der Waals surface area contributed by atoms with Crippen molar-refractivity contribution in [3.05, 3.63) is 107 Å². The summed E-state index contributed by atoms with van der Waals surface area (Å²) < 4.78 is 71.1. The Labute approximate surface area is 395 Å². The zero-order valence-corrected chi connectivity index (χ0v) is 40.7. The van der Waals surface area contributed by atoms with Crippen molar-refractivity contribution in [3.63, 3.8) is 0 Å². The molecule has 2 amide bonds. The number of nitrogens with one attached hydrogen (secondary N) is 4. The molecule has 6 atom stereocenters. The molecule has 22 heteroatoms. The van der Waals surface area contributed by atoms with E-state index in [-0.39, 0.29) is 65.2 Å². The second kappa shape index (κ2) is 24.3. The molecule has 2 aliphatic rings. The number of benzene rings is 3. The molecule has 370 valence electrons. The topological polar surface area (TPSA) is 259 Å². The number of carbonyl (C=O) groups excluding carboxylic acids is 6. The minimum Gasteiger partial charge on any atom is -0.469 e. The minimum atomic E-state index is -4.30. The molecule has 4 N–H and O–H groups in total. The molecule has 0 aromatic heterocycles. The first kappa shape index (κ1) is 53.7. The summed E-state index contributed by atoms with van der Waals surface area (Å²) in [7, 11) is -6.06. The van der Waals surface area contributed by atoms with Gasteiger partial charge in [-0.1, -0.05) is 107 Å². The van der Waals surface area contributed by atoms with E-state index >= 15 is 0 Å². The Morgan fingerprint density at radius 3 is 1.47 bits per heavy atom. The van der Waals surface area contributed by atoms with Gasteiger partial charge in [-0.3, -0.25) is 46.9 Å². The van der Waals surface area contributed by atoms with Gasteiger partial charge in [0.25, 0.3) is 0 Å². The SMILES string of the molecule is COC(=O)CCNC(=O)[C@@H]1OP(=O)(N[C@@H](Cc2ccccc2)C(=O)OCc2cccc(COC(=O)CCNC(=O)[C@@H]3OP(=O)(N[C@@H](Cc4ccccc4)C(=O)OC)OCC3(C)C)c2)OCC1(C)C. The van der Waals surface area contributed by atoms with Gasteiger partial charge in [-0.15, -0.1) is 0 Å². The predicted octanol–water partition coefficient (Wildman–Crippen LogP) is 4.63. The second-order valence-corrected chi connectivity index (χ2v) is 20.9. The molecule has 2 heterocycles. The number of amides is 2. The summed E-state index contributed by atoms with van der Waals surface area (Å²) in [5.41, 5.74) is 0.714. The summed E-state index contributed by atoms with van der Waals surface area (Å²) in [6.07, 6.45) is -2.69. The highest BCUT2D eigenvalue weighted by Crippen LogP contribution is 2.55. The fourth-order valence-corrected chi connectivity index (χ4v) is 10.8. The van der Waals surface area contributed by atoms with E-state index < -0.39 is 86.3 Å². The molecule has 0 bridgehead atoms. The third kappa shape index (κ3) is 15.9. The number of hydrogen-bond acceptors (Lipinski definition) is 16. The van der Waals surface area contributed by atoms with Gasteiger partial charge in [-0.25, -0.2) is 19.3 Å². The largest absolute Gasteiger partial charge is 0.469 e. The molecule has 3 aromatic carbocycles.